The number of imidazole rings is 1. The molecular weight excluding hydrogens is 468 g/mol. The first-order valence-electron chi connectivity index (χ1n) is 9.97. The first kappa shape index (κ1) is 21.3. The Balaban J connectivity index is 1.54. The first-order valence-corrected chi connectivity index (χ1v) is 10.7. The van der Waals surface area contributed by atoms with E-state index in [1.54, 1.807) is 24.3 Å². The van der Waals surface area contributed by atoms with Gasteiger partial charge in [-0.15, -0.1) is 0 Å². The van der Waals surface area contributed by atoms with Crippen LogP contribution >= 0.6 is 23.2 Å². The average molecular weight is 482 g/mol. The number of rotatable bonds is 4. The summed E-state index contributed by atoms with van der Waals surface area (Å²) in [6, 6.07) is 14.9. The molecule has 0 fully saturated rings. The number of hydrogen-bond acceptors (Lipinski definition) is 4. The van der Waals surface area contributed by atoms with Gasteiger partial charge in [0.2, 0.25) is 0 Å². The summed E-state index contributed by atoms with van der Waals surface area (Å²) in [5.74, 6) is -1.59. The van der Waals surface area contributed by atoms with Gasteiger partial charge in [-0.2, -0.15) is 0 Å². The number of carbonyl (C=O) groups is 3. The van der Waals surface area contributed by atoms with Gasteiger partial charge in [-0.05, 0) is 42.5 Å². The van der Waals surface area contributed by atoms with Gasteiger partial charge in [0.1, 0.15) is 11.6 Å². The molecule has 0 aliphatic carbocycles. The highest BCUT2D eigenvalue weighted by molar-refractivity contribution is 6.42. The Labute approximate surface area is 197 Å². The molecule has 0 unspecified atom stereocenters. The molecule has 4 aromatic rings. The minimum atomic E-state index is -0.557. The van der Waals surface area contributed by atoms with Crippen molar-refractivity contribution >= 4 is 52.0 Å². The van der Waals surface area contributed by atoms with Crippen LogP contribution in [0, 0.1) is 5.82 Å². The van der Waals surface area contributed by atoms with Crippen LogP contribution in [0.5, 0.6) is 0 Å². The van der Waals surface area contributed by atoms with Gasteiger partial charge in [0.05, 0.1) is 32.2 Å². The van der Waals surface area contributed by atoms with E-state index in [1.807, 2.05) is 0 Å². The summed E-state index contributed by atoms with van der Waals surface area (Å²) in [5.41, 5.74) is 1.58. The number of imide groups is 1. The summed E-state index contributed by atoms with van der Waals surface area (Å²) in [5, 5.41) is 0.489. The fraction of sp³-hybridized carbons (Fsp3) is 0.0833. The number of halogens is 3. The van der Waals surface area contributed by atoms with Crippen LogP contribution in [0.1, 0.15) is 36.9 Å². The zero-order chi connectivity index (χ0) is 23.3. The molecule has 0 saturated carbocycles. The van der Waals surface area contributed by atoms with Crippen LogP contribution in [0.3, 0.4) is 0 Å². The summed E-state index contributed by atoms with van der Waals surface area (Å²) >= 11 is 12.3. The Bertz CT molecular complexity index is 1450. The number of hydrogen-bond donors (Lipinski definition) is 0. The van der Waals surface area contributed by atoms with E-state index >= 15 is 0 Å². The Morgan fingerprint density at radius 3 is 2.24 bits per heavy atom. The average Bonchev–Trinajstić information content (AvgIpc) is 3.26. The summed E-state index contributed by atoms with van der Waals surface area (Å²) in [6.07, 6.45) is 0.0937. The molecule has 1 aliphatic rings. The van der Waals surface area contributed by atoms with Crippen molar-refractivity contribution in [2.24, 2.45) is 0 Å². The number of amides is 2. The second kappa shape index (κ2) is 8.10. The number of carbonyl (C=O) groups excluding carboxylic acids is 3. The molecular formula is C24H14Cl2FN3O3. The van der Waals surface area contributed by atoms with Crippen molar-refractivity contribution in [3.8, 4) is 0 Å². The van der Waals surface area contributed by atoms with Crippen LogP contribution in [0.15, 0.2) is 60.7 Å². The lowest BCUT2D eigenvalue weighted by molar-refractivity contribution is 0.0655. The SMILES string of the molecule is O=C1c2ccccc2C(=O)N1CCc1nc2cc(Cl)c(Cl)cc2n1C(=O)c1cccc(F)c1. The Morgan fingerprint density at radius 1 is 0.909 bits per heavy atom. The number of nitrogens with zero attached hydrogens (tertiary/aromatic N) is 3. The van der Waals surface area contributed by atoms with Crippen molar-refractivity contribution in [2.45, 2.75) is 6.42 Å². The third-order valence-corrected chi connectivity index (χ3v) is 6.20. The molecule has 0 N–H and O–H groups in total. The Hall–Kier alpha value is -3.55. The van der Waals surface area contributed by atoms with E-state index < -0.39 is 23.5 Å². The Morgan fingerprint density at radius 2 is 1.58 bits per heavy atom. The van der Waals surface area contributed by atoms with Crippen LogP contribution in [-0.2, 0) is 6.42 Å². The first-order chi connectivity index (χ1) is 15.8. The normalized spacial score (nSPS) is 13.1. The molecule has 9 heteroatoms. The lowest BCUT2D eigenvalue weighted by Gasteiger charge is -2.14. The maximum Gasteiger partial charge on any atom is 0.263 e. The van der Waals surface area contributed by atoms with E-state index in [-0.39, 0.29) is 34.4 Å². The second-order valence-corrected chi connectivity index (χ2v) is 8.31. The van der Waals surface area contributed by atoms with Crippen molar-refractivity contribution in [3.63, 3.8) is 0 Å². The second-order valence-electron chi connectivity index (χ2n) is 7.49. The van der Waals surface area contributed by atoms with Gasteiger partial charge in [-0.1, -0.05) is 41.4 Å². The molecule has 6 nitrogen and oxygen atoms in total. The molecule has 0 radical (unpaired) electrons. The fourth-order valence-corrected chi connectivity index (χ4v) is 4.24. The van der Waals surface area contributed by atoms with Crippen LogP contribution in [-0.4, -0.2) is 38.7 Å². The molecule has 5 rings (SSSR count). The van der Waals surface area contributed by atoms with Gasteiger partial charge in [-0.25, -0.2) is 9.37 Å². The highest BCUT2D eigenvalue weighted by Gasteiger charge is 2.35. The number of aromatic nitrogens is 2. The third-order valence-electron chi connectivity index (χ3n) is 5.48. The molecule has 0 bridgehead atoms. The van der Waals surface area contributed by atoms with Crippen molar-refractivity contribution in [3.05, 3.63) is 99.0 Å². The highest BCUT2D eigenvalue weighted by atomic mass is 35.5. The fourth-order valence-electron chi connectivity index (χ4n) is 3.92. The molecule has 1 aromatic heterocycles. The zero-order valence-electron chi connectivity index (χ0n) is 16.9. The predicted octanol–water partition coefficient (Wildman–Crippen LogP) is 5.01. The smallest absolute Gasteiger partial charge is 0.263 e. The lowest BCUT2D eigenvalue weighted by Crippen LogP contribution is -2.32. The molecule has 33 heavy (non-hydrogen) atoms. The van der Waals surface area contributed by atoms with E-state index in [0.29, 0.717) is 22.2 Å². The molecule has 0 saturated heterocycles. The monoisotopic (exact) mass is 481 g/mol. The van der Waals surface area contributed by atoms with Crippen LogP contribution in [0.2, 0.25) is 10.0 Å². The van der Waals surface area contributed by atoms with E-state index in [1.165, 1.54) is 34.9 Å². The number of benzene rings is 3. The lowest BCUT2D eigenvalue weighted by atomic mass is 10.1. The van der Waals surface area contributed by atoms with E-state index in [0.717, 1.165) is 11.0 Å². The van der Waals surface area contributed by atoms with E-state index in [2.05, 4.69) is 4.98 Å². The summed E-state index contributed by atoms with van der Waals surface area (Å²) in [7, 11) is 0. The van der Waals surface area contributed by atoms with Crippen molar-refractivity contribution in [1.82, 2.24) is 14.5 Å². The van der Waals surface area contributed by atoms with Gasteiger partial charge in [0.25, 0.3) is 17.7 Å². The topological polar surface area (TPSA) is 72.3 Å². The van der Waals surface area contributed by atoms with Gasteiger partial charge in [0, 0.05) is 18.5 Å². The van der Waals surface area contributed by atoms with Gasteiger partial charge >= 0.3 is 0 Å². The summed E-state index contributed by atoms with van der Waals surface area (Å²) < 4.78 is 15.1. The zero-order valence-corrected chi connectivity index (χ0v) is 18.4. The van der Waals surface area contributed by atoms with Crippen molar-refractivity contribution in [1.29, 1.82) is 0 Å². The van der Waals surface area contributed by atoms with Gasteiger partial charge < -0.3 is 0 Å². The molecule has 2 amide bonds. The maximum absolute atomic E-state index is 13.8. The molecule has 0 spiro atoms. The third kappa shape index (κ3) is 3.59. The summed E-state index contributed by atoms with van der Waals surface area (Å²) in [4.78, 5) is 44.4. The minimum Gasteiger partial charge on any atom is -0.274 e. The highest BCUT2D eigenvalue weighted by Crippen LogP contribution is 2.30. The van der Waals surface area contributed by atoms with Crippen LogP contribution in [0.25, 0.3) is 11.0 Å². The van der Waals surface area contributed by atoms with E-state index in [4.69, 9.17) is 23.2 Å². The van der Waals surface area contributed by atoms with Crippen molar-refractivity contribution < 1.29 is 18.8 Å². The molecule has 0 atom stereocenters. The molecule has 1 aliphatic heterocycles. The standard InChI is InChI=1S/C24H14Cl2FN3O3/c25-17-11-19-20(12-18(17)26)30(22(31)13-4-3-5-14(27)10-13)21(28-19)8-9-29-23(32)15-6-1-2-7-16(15)24(29)33/h1-7,10-12H,8-9H2. The van der Waals surface area contributed by atoms with Gasteiger partial charge in [-0.3, -0.25) is 23.9 Å². The van der Waals surface area contributed by atoms with Crippen molar-refractivity contribution in [2.75, 3.05) is 6.54 Å². The minimum absolute atomic E-state index is 0.00750. The number of fused-ring (bicyclic) bond motifs is 2. The molecule has 2 heterocycles. The van der Waals surface area contributed by atoms with Crippen LogP contribution in [0.4, 0.5) is 4.39 Å². The molecule has 3 aromatic carbocycles. The predicted molar refractivity (Wildman–Crippen MR) is 121 cm³/mol. The maximum atomic E-state index is 13.8. The largest absolute Gasteiger partial charge is 0.274 e. The molecule has 164 valence electrons. The Kier molecular flexibility index (Phi) is 5.23. The van der Waals surface area contributed by atoms with Crippen LogP contribution < -0.4 is 0 Å². The van der Waals surface area contributed by atoms with Gasteiger partial charge in [0.15, 0.2) is 0 Å². The summed E-state index contributed by atoms with van der Waals surface area (Å²) in [6.45, 7) is 0.00750. The quantitative estimate of drug-likeness (QED) is 0.384. The van der Waals surface area contributed by atoms with E-state index in [9.17, 15) is 18.8 Å².